The largest absolute Gasteiger partial charge is 0.463 e. The Hall–Kier alpha value is -2.42. The number of carbonyl (C=O) groups is 1. The van der Waals surface area contributed by atoms with Crippen LogP contribution in [0.2, 0.25) is 0 Å². The number of aromatic nitrogens is 2. The molecule has 3 heterocycles. The van der Waals surface area contributed by atoms with Gasteiger partial charge in [0.1, 0.15) is 5.69 Å². The number of nitrogens with zero attached hydrogens (tertiary/aromatic N) is 2. The van der Waals surface area contributed by atoms with Gasteiger partial charge in [0.15, 0.2) is 5.76 Å². The molecule has 0 atom stereocenters. The van der Waals surface area contributed by atoms with Crippen molar-refractivity contribution in [2.75, 3.05) is 33.4 Å². The second kappa shape index (κ2) is 10.8. The highest BCUT2D eigenvalue weighted by Crippen LogP contribution is 2.28. The molecule has 0 saturated heterocycles. The van der Waals surface area contributed by atoms with Crippen LogP contribution in [0.5, 0.6) is 0 Å². The molecule has 0 aliphatic heterocycles. The van der Waals surface area contributed by atoms with E-state index in [1.807, 2.05) is 0 Å². The Labute approximate surface area is 169 Å². The van der Waals surface area contributed by atoms with Crippen molar-refractivity contribution in [3.8, 4) is 11.5 Å². The van der Waals surface area contributed by atoms with Gasteiger partial charge in [-0.3, -0.25) is 4.79 Å². The van der Waals surface area contributed by atoms with Crippen molar-refractivity contribution < 1.29 is 18.5 Å². The Balaban J connectivity index is 0.00000280. The van der Waals surface area contributed by atoms with Gasteiger partial charge in [-0.05, 0) is 24.6 Å². The van der Waals surface area contributed by atoms with Gasteiger partial charge in [0.25, 0.3) is 11.6 Å². The molecular formula is C19H25ClN4O4. The zero-order chi connectivity index (χ0) is 19.1. The summed E-state index contributed by atoms with van der Waals surface area (Å²) in [5.74, 6) is 0.380. The smallest absolute Gasteiger partial charge is 0.259 e. The summed E-state index contributed by atoms with van der Waals surface area (Å²) < 4.78 is 15.8. The van der Waals surface area contributed by atoms with Crippen molar-refractivity contribution in [1.82, 2.24) is 20.8 Å². The minimum Gasteiger partial charge on any atom is -0.463 e. The lowest BCUT2D eigenvalue weighted by atomic mass is 10.1. The number of aryl methyl sites for hydroxylation is 1. The quantitative estimate of drug-likeness (QED) is 0.497. The van der Waals surface area contributed by atoms with E-state index >= 15 is 0 Å². The molecule has 0 aromatic carbocycles. The molecule has 8 nitrogen and oxygen atoms in total. The van der Waals surface area contributed by atoms with Gasteiger partial charge in [-0.2, -0.15) is 0 Å². The summed E-state index contributed by atoms with van der Waals surface area (Å²) in [6.07, 6.45) is 3.18. The molecule has 152 valence electrons. The van der Waals surface area contributed by atoms with Crippen molar-refractivity contribution in [3.05, 3.63) is 35.7 Å². The fourth-order valence-corrected chi connectivity index (χ4v) is 2.81. The number of rotatable bonds is 10. The third-order valence-electron chi connectivity index (χ3n) is 4.09. The first kappa shape index (κ1) is 21.9. The van der Waals surface area contributed by atoms with Crippen LogP contribution in [-0.2, 0) is 11.2 Å². The summed E-state index contributed by atoms with van der Waals surface area (Å²) in [5, 5.41) is 10.9. The van der Waals surface area contributed by atoms with E-state index < -0.39 is 0 Å². The second-order valence-electron chi connectivity index (χ2n) is 6.09. The van der Waals surface area contributed by atoms with E-state index in [0.717, 1.165) is 18.7 Å². The molecule has 0 saturated carbocycles. The Morgan fingerprint density at radius 1 is 1.29 bits per heavy atom. The van der Waals surface area contributed by atoms with Crippen LogP contribution < -0.4 is 10.6 Å². The molecule has 3 aromatic heterocycles. The van der Waals surface area contributed by atoms with Gasteiger partial charge < -0.3 is 24.3 Å². The lowest BCUT2D eigenvalue weighted by Crippen LogP contribution is -2.33. The topological polar surface area (TPSA) is 102 Å². The first-order valence-electron chi connectivity index (χ1n) is 9.05. The van der Waals surface area contributed by atoms with Crippen molar-refractivity contribution in [3.63, 3.8) is 0 Å². The number of furan rings is 1. The molecular weight excluding hydrogens is 384 g/mol. The highest BCUT2D eigenvalue weighted by molar-refractivity contribution is 6.06. The Morgan fingerprint density at radius 3 is 2.86 bits per heavy atom. The summed E-state index contributed by atoms with van der Waals surface area (Å²) in [6.45, 7) is 4.57. The molecule has 0 bridgehead atoms. The summed E-state index contributed by atoms with van der Waals surface area (Å²) >= 11 is 0. The van der Waals surface area contributed by atoms with Crippen molar-refractivity contribution >= 4 is 29.4 Å². The number of methoxy groups -OCH3 is 1. The lowest BCUT2D eigenvalue weighted by molar-refractivity contribution is 0.0955. The van der Waals surface area contributed by atoms with Crippen LogP contribution in [0.4, 0.5) is 0 Å². The van der Waals surface area contributed by atoms with Crippen LogP contribution in [-0.4, -0.2) is 49.4 Å². The highest BCUT2D eigenvalue weighted by atomic mass is 35.5. The van der Waals surface area contributed by atoms with Gasteiger partial charge in [0, 0.05) is 26.7 Å². The summed E-state index contributed by atoms with van der Waals surface area (Å²) in [6, 6.07) is 5.29. The average molecular weight is 409 g/mol. The number of pyridine rings is 1. The van der Waals surface area contributed by atoms with Gasteiger partial charge >= 0.3 is 0 Å². The number of nitrogens with one attached hydrogen (secondary N) is 2. The molecule has 28 heavy (non-hydrogen) atoms. The number of carbonyl (C=O) groups excluding carboxylic acids is 1. The van der Waals surface area contributed by atoms with Crippen LogP contribution in [0.15, 0.2) is 33.4 Å². The number of fused-ring (bicyclic) bond motifs is 1. The van der Waals surface area contributed by atoms with Gasteiger partial charge in [-0.1, -0.05) is 18.5 Å². The molecule has 0 aliphatic carbocycles. The highest BCUT2D eigenvalue weighted by Gasteiger charge is 2.21. The van der Waals surface area contributed by atoms with Crippen LogP contribution >= 0.6 is 12.4 Å². The monoisotopic (exact) mass is 408 g/mol. The predicted octanol–water partition coefficient (Wildman–Crippen LogP) is 2.82. The van der Waals surface area contributed by atoms with Gasteiger partial charge in [-0.15, -0.1) is 12.4 Å². The van der Waals surface area contributed by atoms with E-state index in [-0.39, 0.29) is 18.3 Å². The molecule has 0 radical (unpaired) electrons. The molecule has 9 heteroatoms. The number of halogens is 1. The molecule has 3 aromatic rings. The number of amides is 1. The van der Waals surface area contributed by atoms with Gasteiger partial charge in [0.05, 0.1) is 29.5 Å². The lowest BCUT2D eigenvalue weighted by Gasteiger charge is -2.08. The third kappa shape index (κ3) is 5.09. The second-order valence-corrected chi connectivity index (χ2v) is 6.09. The maximum atomic E-state index is 12.8. The Kier molecular flexibility index (Phi) is 8.43. The molecule has 0 aliphatic rings. The standard InChI is InChI=1S/C19H24N4O4.ClH/c1-3-5-14-17-13(18(24)21-8-7-20-9-11-25-2)12-15(16-6-4-10-26-16)22-19(17)27-23-14;/h4,6,10,12,20H,3,5,7-9,11H2,1-2H3,(H,21,24);1H. The average Bonchev–Trinajstić information content (AvgIpc) is 3.34. The van der Waals surface area contributed by atoms with E-state index in [0.29, 0.717) is 54.2 Å². The minimum absolute atomic E-state index is 0. The summed E-state index contributed by atoms with van der Waals surface area (Å²) in [7, 11) is 1.65. The predicted molar refractivity (Wildman–Crippen MR) is 108 cm³/mol. The van der Waals surface area contributed by atoms with E-state index in [9.17, 15) is 4.79 Å². The number of hydrogen-bond acceptors (Lipinski definition) is 7. The molecule has 2 N–H and O–H groups in total. The van der Waals surface area contributed by atoms with Crippen LogP contribution in [0.1, 0.15) is 29.4 Å². The van der Waals surface area contributed by atoms with Crippen LogP contribution in [0, 0.1) is 0 Å². The SMILES string of the molecule is CCCc1noc2nc(-c3ccco3)cc(C(=O)NCCNCCOC)c12.Cl. The fourth-order valence-electron chi connectivity index (χ4n) is 2.81. The van der Waals surface area contributed by atoms with E-state index in [4.69, 9.17) is 13.7 Å². The van der Waals surface area contributed by atoms with E-state index in [2.05, 4.69) is 27.7 Å². The molecule has 0 spiro atoms. The van der Waals surface area contributed by atoms with Gasteiger partial charge in [0.2, 0.25) is 0 Å². The summed E-state index contributed by atoms with van der Waals surface area (Å²) in [5.41, 5.74) is 2.12. The molecule has 0 unspecified atom stereocenters. The zero-order valence-electron chi connectivity index (χ0n) is 16.0. The number of hydrogen-bond donors (Lipinski definition) is 2. The first-order valence-corrected chi connectivity index (χ1v) is 9.05. The molecule has 0 fully saturated rings. The Morgan fingerprint density at radius 2 is 2.14 bits per heavy atom. The van der Waals surface area contributed by atoms with Crippen molar-refractivity contribution in [2.45, 2.75) is 19.8 Å². The fraction of sp³-hybridized carbons (Fsp3) is 0.421. The molecule has 3 rings (SSSR count). The summed E-state index contributed by atoms with van der Waals surface area (Å²) in [4.78, 5) is 17.3. The normalized spacial score (nSPS) is 10.8. The van der Waals surface area contributed by atoms with Crippen molar-refractivity contribution in [2.24, 2.45) is 0 Å². The minimum atomic E-state index is -0.190. The van der Waals surface area contributed by atoms with E-state index in [1.54, 1.807) is 31.6 Å². The number of ether oxygens (including phenoxy) is 1. The maximum absolute atomic E-state index is 12.8. The zero-order valence-corrected chi connectivity index (χ0v) is 16.8. The third-order valence-corrected chi connectivity index (χ3v) is 4.09. The Bertz CT molecular complexity index is 880. The molecule has 1 amide bonds. The van der Waals surface area contributed by atoms with Crippen LogP contribution in [0.3, 0.4) is 0 Å². The van der Waals surface area contributed by atoms with Gasteiger partial charge in [-0.25, -0.2) is 4.98 Å². The maximum Gasteiger partial charge on any atom is 0.259 e. The van der Waals surface area contributed by atoms with Crippen molar-refractivity contribution in [1.29, 1.82) is 0 Å². The van der Waals surface area contributed by atoms with E-state index in [1.165, 1.54) is 0 Å². The van der Waals surface area contributed by atoms with Crippen LogP contribution in [0.25, 0.3) is 22.6 Å². The first-order chi connectivity index (χ1) is 13.2.